The molecule has 3 rings (SSSR count). The van der Waals surface area contributed by atoms with Crippen LogP contribution in [0.3, 0.4) is 0 Å². The number of nitrogens with zero attached hydrogens (tertiary/aromatic N) is 2. The van der Waals surface area contributed by atoms with E-state index in [0.717, 1.165) is 22.0 Å². The number of para-hydroxylation sites is 1. The average molecular weight is 390 g/mol. The van der Waals surface area contributed by atoms with Crippen molar-refractivity contribution < 1.29 is 19.1 Å². The topological polar surface area (TPSA) is 81.3 Å². The van der Waals surface area contributed by atoms with Crippen LogP contribution in [0.1, 0.15) is 27.9 Å². The monoisotopic (exact) mass is 390 g/mol. The van der Waals surface area contributed by atoms with Crippen molar-refractivity contribution in [2.24, 2.45) is 0 Å². The SMILES string of the molecule is Cc1ccc(OCC(=O)OCC(=O)c2cn(CCC#N)c3ccccc23)cc1C. The number of fused-ring (bicyclic) bond motifs is 1. The highest BCUT2D eigenvalue weighted by Gasteiger charge is 2.17. The van der Waals surface area contributed by atoms with Gasteiger partial charge in [-0.05, 0) is 43.2 Å². The third-order valence-corrected chi connectivity index (χ3v) is 4.75. The molecular weight excluding hydrogens is 368 g/mol. The molecule has 0 unspecified atom stereocenters. The largest absolute Gasteiger partial charge is 0.482 e. The summed E-state index contributed by atoms with van der Waals surface area (Å²) >= 11 is 0. The molecule has 1 heterocycles. The van der Waals surface area contributed by atoms with Crippen molar-refractivity contribution in [3.63, 3.8) is 0 Å². The van der Waals surface area contributed by atoms with Gasteiger partial charge in [0.05, 0.1) is 12.5 Å². The molecule has 0 aliphatic carbocycles. The van der Waals surface area contributed by atoms with Crippen molar-refractivity contribution in [3.05, 3.63) is 65.4 Å². The second kappa shape index (κ2) is 9.07. The number of benzene rings is 2. The molecule has 0 saturated carbocycles. The van der Waals surface area contributed by atoms with Crippen LogP contribution in [0.25, 0.3) is 10.9 Å². The lowest BCUT2D eigenvalue weighted by molar-refractivity contribution is -0.144. The molecule has 0 spiro atoms. The summed E-state index contributed by atoms with van der Waals surface area (Å²) < 4.78 is 12.4. The van der Waals surface area contributed by atoms with Crippen LogP contribution in [0.5, 0.6) is 5.75 Å². The predicted molar refractivity (Wildman–Crippen MR) is 109 cm³/mol. The first kappa shape index (κ1) is 20.2. The maximum atomic E-state index is 12.6. The van der Waals surface area contributed by atoms with Crippen molar-refractivity contribution >= 4 is 22.7 Å². The van der Waals surface area contributed by atoms with E-state index in [0.29, 0.717) is 24.3 Å². The van der Waals surface area contributed by atoms with Crippen molar-refractivity contribution in [3.8, 4) is 11.8 Å². The third-order valence-electron chi connectivity index (χ3n) is 4.75. The summed E-state index contributed by atoms with van der Waals surface area (Å²) in [7, 11) is 0. The smallest absolute Gasteiger partial charge is 0.344 e. The minimum absolute atomic E-state index is 0.264. The molecule has 0 aliphatic heterocycles. The number of carbonyl (C=O) groups is 2. The molecule has 0 N–H and O–H groups in total. The van der Waals surface area contributed by atoms with Crippen LogP contribution in [0.4, 0.5) is 0 Å². The van der Waals surface area contributed by atoms with Gasteiger partial charge in [0.1, 0.15) is 5.75 Å². The Labute approximate surface area is 169 Å². The second-order valence-corrected chi connectivity index (χ2v) is 6.78. The molecule has 0 atom stereocenters. The molecule has 3 aromatic rings. The molecule has 29 heavy (non-hydrogen) atoms. The van der Waals surface area contributed by atoms with Gasteiger partial charge in [-0.2, -0.15) is 5.26 Å². The highest BCUT2D eigenvalue weighted by atomic mass is 16.6. The zero-order valence-electron chi connectivity index (χ0n) is 16.5. The van der Waals surface area contributed by atoms with Gasteiger partial charge < -0.3 is 14.0 Å². The number of hydrogen-bond acceptors (Lipinski definition) is 5. The van der Waals surface area contributed by atoms with Gasteiger partial charge >= 0.3 is 5.97 Å². The number of rotatable bonds is 8. The number of Topliss-reactive ketones (excluding diaryl/α,β-unsaturated/α-hetero) is 1. The Morgan fingerprint density at radius 1 is 1.07 bits per heavy atom. The van der Waals surface area contributed by atoms with Crippen LogP contribution >= 0.6 is 0 Å². The standard InChI is InChI=1S/C23H22N2O4/c1-16-8-9-18(12-17(16)2)28-15-23(27)29-14-22(26)20-13-25(11-5-10-24)21-7-4-3-6-19(20)21/h3-4,6-9,12-13H,5,11,14-15H2,1-2H3. The van der Waals surface area contributed by atoms with E-state index in [-0.39, 0.29) is 19.0 Å². The van der Waals surface area contributed by atoms with Gasteiger partial charge in [-0.15, -0.1) is 0 Å². The van der Waals surface area contributed by atoms with Gasteiger partial charge in [-0.25, -0.2) is 4.79 Å². The number of ether oxygens (including phenoxy) is 2. The van der Waals surface area contributed by atoms with E-state index in [1.165, 1.54) is 0 Å². The Bertz CT molecular complexity index is 1090. The number of carbonyl (C=O) groups excluding carboxylic acids is 2. The molecule has 0 aliphatic rings. The zero-order valence-corrected chi connectivity index (χ0v) is 16.5. The van der Waals surface area contributed by atoms with Crippen LogP contribution < -0.4 is 4.74 Å². The normalized spacial score (nSPS) is 10.5. The number of aryl methyl sites for hydroxylation is 3. The Morgan fingerprint density at radius 3 is 2.62 bits per heavy atom. The van der Waals surface area contributed by atoms with Crippen LogP contribution in [0.15, 0.2) is 48.7 Å². The lowest BCUT2D eigenvalue weighted by Gasteiger charge is -2.08. The number of ketones is 1. The van der Waals surface area contributed by atoms with Crippen LogP contribution in [-0.2, 0) is 16.1 Å². The van der Waals surface area contributed by atoms with E-state index in [2.05, 4.69) is 6.07 Å². The summed E-state index contributed by atoms with van der Waals surface area (Å²) in [5.41, 5.74) is 3.55. The summed E-state index contributed by atoms with van der Waals surface area (Å²) in [6.45, 7) is 3.83. The highest BCUT2D eigenvalue weighted by molar-refractivity contribution is 6.09. The van der Waals surface area contributed by atoms with E-state index in [4.69, 9.17) is 14.7 Å². The van der Waals surface area contributed by atoms with E-state index >= 15 is 0 Å². The van der Waals surface area contributed by atoms with E-state index in [1.807, 2.05) is 54.8 Å². The molecule has 6 nitrogen and oxygen atoms in total. The van der Waals surface area contributed by atoms with Crippen LogP contribution in [0.2, 0.25) is 0 Å². The molecule has 0 radical (unpaired) electrons. The van der Waals surface area contributed by atoms with Gasteiger partial charge in [-0.3, -0.25) is 4.79 Å². The third kappa shape index (κ3) is 4.82. The van der Waals surface area contributed by atoms with Crippen molar-refractivity contribution in [1.29, 1.82) is 5.26 Å². The second-order valence-electron chi connectivity index (χ2n) is 6.78. The Kier molecular flexibility index (Phi) is 6.30. The van der Waals surface area contributed by atoms with Crippen molar-refractivity contribution in [2.45, 2.75) is 26.8 Å². The lowest BCUT2D eigenvalue weighted by Crippen LogP contribution is -2.19. The lowest BCUT2D eigenvalue weighted by atomic mass is 10.1. The minimum atomic E-state index is -0.607. The molecule has 148 valence electrons. The highest BCUT2D eigenvalue weighted by Crippen LogP contribution is 2.22. The summed E-state index contributed by atoms with van der Waals surface area (Å²) in [5.74, 6) is -0.321. The fraction of sp³-hybridized carbons (Fsp3) is 0.261. The number of nitriles is 1. The fourth-order valence-corrected chi connectivity index (χ4v) is 3.04. The Balaban J connectivity index is 1.61. The summed E-state index contributed by atoms with van der Waals surface area (Å²) in [5, 5.41) is 9.60. The van der Waals surface area contributed by atoms with Gasteiger partial charge in [0, 0.05) is 29.2 Å². The number of aromatic nitrogens is 1. The molecule has 0 bridgehead atoms. The summed E-state index contributed by atoms with van der Waals surface area (Å²) in [6.07, 6.45) is 2.06. The molecule has 0 amide bonds. The summed E-state index contributed by atoms with van der Waals surface area (Å²) in [4.78, 5) is 24.6. The van der Waals surface area contributed by atoms with Crippen LogP contribution in [0, 0.1) is 25.2 Å². The van der Waals surface area contributed by atoms with Crippen molar-refractivity contribution in [1.82, 2.24) is 4.57 Å². The maximum absolute atomic E-state index is 12.6. The average Bonchev–Trinajstić information content (AvgIpc) is 3.10. The molecule has 6 heteroatoms. The molecule has 2 aromatic carbocycles. The van der Waals surface area contributed by atoms with Gasteiger partial charge in [0.2, 0.25) is 5.78 Å². The van der Waals surface area contributed by atoms with E-state index in [1.54, 1.807) is 12.3 Å². The van der Waals surface area contributed by atoms with E-state index < -0.39 is 5.97 Å². The first-order chi connectivity index (χ1) is 14.0. The molecule has 0 saturated heterocycles. The van der Waals surface area contributed by atoms with Gasteiger partial charge in [0.15, 0.2) is 13.2 Å². The van der Waals surface area contributed by atoms with Gasteiger partial charge in [-0.1, -0.05) is 24.3 Å². The Hall–Kier alpha value is -3.59. The molecular formula is C23H22N2O4. The first-order valence-corrected chi connectivity index (χ1v) is 9.33. The van der Waals surface area contributed by atoms with Gasteiger partial charge in [0.25, 0.3) is 0 Å². The number of esters is 1. The Morgan fingerprint density at radius 2 is 1.86 bits per heavy atom. The first-order valence-electron chi connectivity index (χ1n) is 9.33. The molecule has 1 aromatic heterocycles. The summed E-state index contributed by atoms with van der Waals surface area (Å²) in [6, 6.07) is 15.1. The molecule has 0 fully saturated rings. The van der Waals surface area contributed by atoms with E-state index in [9.17, 15) is 9.59 Å². The van der Waals surface area contributed by atoms with Crippen molar-refractivity contribution in [2.75, 3.05) is 13.2 Å². The zero-order chi connectivity index (χ0) is 20.8. The quantitative estimate of drug-likeness (QED) is 0.429. The fourth-order valence-electron chi connectivity index (χ4n) is 3.04. The predicted octanol–water partition coefficient (Wildman–Crippen LogP) is 3.98. The number of hydrogen-bond donors (Lipinski definition) is 0. The minimum Gasteiger partial charge on any atom is -0.482 e. The maximum Gasteiger partial charge on any atom is 0.344 e. The van der Waals surface area contributed by atoms with Crippen LogP contribution in [-0.4, -0.2) is 29.5 Å².